The minimum absolute atomic E-state index is 0.135. The Hall–Kier alpha value is -2.51. The smallest absolute Gasteiger partial charge is 0.266 e. The van der Waals surface area contributed by atoms with Gasteiger partial charge in [0.1, 0.15) is 28.5 Å². The van der Waals surface area contributed by atoms with Crippen molar-refractivity contribution in [1.29, 1.82) is 0 Å². The van der Waals surface area contributed by atoms with Gasteiger partial charge in [0, 0.05) is 36.4 Å². The molecule has 0 spiro atoms. The number of nitrogens with one attached hydrogen (secondary N) is 1. The van der Waals surface area contributed by atoms with Crippen molar-refractivity contribution in [3.63, 3.8) is 0 Å². The van der Waals surface area contributed by atoms with Crippen LogP contribution in [0.5, 0.6) is 5.75 Å². The largest absolute Gasteiger partial charge is 0.487 e. The Morgan fingerprint density at radius 3 is 2.59 bits per heavy atom. The number of halogens is 3. The first kappa shape index (κ1) is 19.3. The Kier molecular flexibility index (Phi) is 6.03. The van der Waals surface area contributed by atoms with Gasteiger partial charge in [0.25, 0.3) is 5.56 Å². The number of rotatable bonds is 6. The minimum Gasteiger partial charge on any atom is -0.487 e. The second-order valence-electron chi connectivity index (χ2n) is 6.01. The summed E-state index contributed by atoms with van der Waals surface area (Å²) >= 11 is 3.23. The van der Waals surface area contributed by atoms with Crippen molar-refractivity contribution < 1.29 is 13.5 Å². The number of H-pyrrole nitrogens is 1. The summed E-state index contributed by atoms with van der Waals surface area (Å²) in [5, 5.41) is 0. The molecule has 1 heterocycles. The van der Waals surface area contributed by atoms with Crippen molar-refractivity contribution in [2.45, 2.75) is 19.6 Å². The normalized spacial score (nSPS) is 10.8. The summed E-state index contributed by atoms with van der Waals surface area (Å²) in [4.78, 5) is 14.6. The molecule has 0 amide bonds. The molecular formula is C20H17BrF2N2O2. The van der Waals surface area contributed by atoms with E-state index >= 15 is 0 Å². The molecule has 3 rings (SSSR count). The Bertz CT molecular complexity index is 1020. The van der Waals surface area contributed by atoms with Crippen molar-refractivity contribution in [1.82, 2.24) is 4.98 Å². The van der Waals surface area contributed by atoms with Gasteiger partial charge >= 0.3 is 0 Å². The molecule has 0 atom stereocenters. The highest BCUT2D eigenvalue weighted by molar-refractivity contribution is 9.10. The lowest BCUT2D eigenvalue weighted by Gasteiger charge is -2.14. The van der Waals surface area contributed by atoms with Gasteiger partial charge < -0.3 is 15.5 Å². The second-order valence-corrected chi connectivity index (χ2v) is 6.80. The van der Waals surface area contributed by atoms with Gasteiger partial charge in [-0.25, -0.2) is 8.78 Å². The molecule has 0 aliphatic carbocycles. The molecule has 0 bridgehead atoms. The summed E-state index contributed by atoms with van der Waals surface area (Å²) < 4.78 is 32.9. The molecule has 0 aliphatic rings. The number of ether oxygens (including phenoxy) is 1. The number of aromatic nitrogens is 1. The lowest BCUT2D eigenvalue weighted by atomic mass is 10.0. The first-order valence-corrected chi connectivity index (χ1v) is 9.02. The number of nitrogens with two attached hydrogens (primary N) is 1. The van der Waals surface area contributed by atoms with Crippen molar-refractivity contribution in [2.75, 3.05) is 0 Å². The monoisotopic (exact) mass is 434 g/mol. The maximum atomic E-state index is 13.9. The molecule has 0 fully saturated rings. The van der Waals surface area contributed by atoms with Gasteiger partial charge in [-0.05, 0) is 39.2 Å². The topological polar surface area (TPSA) is 68.1 Å². The van der Waals surface area contributed by atoms with E-state index in [-0.39, 0.29) is 22.2 Å². The van der Waals surface area contributed by atoms with Gasteiger partial charge in [0.15, 0.2) is 0 Å². The van der Waals surface area contributed by atoms with Crippen LogP contribution in [-0.2, 0) is 19.6 Å². The number of hydrogen-bond donors (Lipinski definition) is 2. The first-order valence-electron chi connectivity index (χ1n) is 8.22. The van der Waals surface area contributed by atoms with Gasteiger partial charge in [-0.2, -0.15) is 0 Å². The summed E-state index contributed by atoms with van der Waals surface area (Å²) in [5.74, 6) is -1.04. The van der Waals surface area contributed by atoms with Gasteiger partial charge in [-0.15, -0.1) is 0 Å². The molecule has 1 aromatic heterocycles. The van der Waals surface area contributed by atoms with E-state index in [0.29, 0.717) is 18.7 Å². The molecule has 0 unspecified atom stereocenters. The molecule has 140 valence electrons. The van der Waals surface area contributed by atoms with Crippen LogP contribution in [0.4, 0.5) is 8.78 Å². The molecule has 4 nitrogen and oxygen atoms in total. The van der Waals surface area contributed by atoms with E-state index in [2.05, 4.69) is 20.9 Å². The summed E-state index contributed by atoms with van der Waals surface area (Å²) in [7, 11) is 0. The Labute approximate surface area is 163 Å². The van der Waals surface area contributed by atoms with Gasteiger partial charge in [0.2, 0.25) is 0 Å². The molecular weight excluding hydrogens is 418 g/mol. The van der Waals surface area contributed by atoms with E-state index in [1.807, 2.05) is 24.3 Å². The molecule has 0 saturated carbocycles. The van der Waals surface area contributed by atoms with Crippen LogP contribution >= 0.6 is 15.9 Å². The van der Waals surface area contributed by atoms with E-state index in [4.69, 9.17) is 10.5 Å². The van der Waals surface area contributed by atoms with Crippen LogP contribution < -0.4 is 16.0 Å². The van der Waals surface area contributed by atoms with E-state index in [0.717, 1.165) is 28.8 Å². The molecule has 7 heteroatoms. The molecule has 0 radical (unpaired) electrons. The van der Waals surface area contributed by atoms with Crippen LogP contribution in [0.3, 0.4) is 0 Å². The Morgan fingerprint density at radius 2 is 1.85 bits per heavy atom. The first-order chi connectivity index (χ1) is 13.0. The third-order valence-electron chi connectivity index (χ3n) is 4.08. The molecule has 3 aromatic rings. The van der Waals surface area contributed by atoms with Crippen molar-refractivity contribution in [3.05, 3.63) is 97.4 Å². The fourth-order valence-corrected chi connectivity index (χ4v) is 3.17. The molecule has 27 heavy (non-hydrogen) atoms. The number of hydrogen-bond acceptors (Lipinski definition) is 3. The maximum absolute atomic E-state index is 13.9. The third kappa shape index (κ3) is 4.61. The number of pyridine rings is 1. The van der Waals surface area contributed by atoms with Crippen LogP contribution in [0.1, 0.15) is 22.3 Å². The average Bonchev–Trinajstić information content (AvgIpc) is 2.66. The van der Waals surface area contributed by atoms with E-state index in [9.17, 15) is 13.6 Å². The zero-order valence-electron chi connectivity index (χ0n) is 14.3. The number of aromatic amines is 1. The summed E-state index contributed by atoms with van der Waals surface area (Å²) in [5.41, 5.74) is 8.23. The average molecular weight is 435 g/mol. The third-order valence-corrected chi connectivity index (χ3v) is 4.80. The lowest BCUT2D eigenvalue weighted by Crippen LogP contribution is -2.12. The van der Waals surface area contributed by atoms with Crippen LogP contribution in [0.25, 0.3) is 0 Å². The van der Waals surface area contributed by atoms with Gasteiger partial charge in [-0.3, -0.25) is 4.79 Å². The summed E-state index contributed by atoms with van der Waals surface area (Å²) in [6.45, 7) is 0.292. The van der Waals surface area contributed by atoms with Crippen LogP contribution in [0.2, 0.25) is 0 Å². The second kappa shape index (κ2) is 8.45. The van der Waals surface area contributed by atoms with Gasteiger partial charge in [0.05, 0.1) is 0 Å². The highest BCUT2D eigenvalue weighted by Crippen LogP contribution is 2.28. The molecule has 2 aromatic carbocycles. The van der Waals surface area contributed by atoms with E-state index in [1.54, 1.807) is 6.20 Å². The predicted molar refractivity (Wildman–Crippen MR) is 103 cm³/mol. The summed E-state index contributed by atoms with van der Waals surface area (Å²) in [6.07, 6.45) is 2.06. The molecule has 0 saturated heterocycles. The fourth-order valence-electron chi connectivity index (χ4n) is 2.69. The van der Waals surface area contributed by atoms with Crippen LogP contribution in [-0.4, -0.2) is 4.98 Å². The zero-order valence-corrected chi connectivity index (χ0v) is 15.9. The van der Waals surface area contributed by atoms with E-state index in [1.165, 1.54) is 6.07 Å². The number of benzene rings is 2. The fraction of sp³-hybridized carbons (Fsp3) is 0.150. The Balaban J connectivity index is 1.89. The summed E-state index contributed by atoms with van der Waals surface area (Å²) in [6, 6.07) is 11.0. The predicted octanol–water partition coefficient (Wildman–Crippen LogP) is 4.04. The van der Waals surface area contributed by atoms with Crippen molar-refractivity contribution in [3.8, 4) is 5.75 Å². The van der Waals surface area contributed by atoms with E-state index < -0.39 is 11.6 Å². The highest BCUT2D eigenvalue weighted by atomic mass is 79.9. The standard InChI is InChI=1S/C20H17BrF2N2O2/c21-18-19(27-11-14-4-5-16(22)8-17(14)23)15(10-25-20(18)26)7-12-2-1-3-13(6-12)9-24/h1-6,8,10H,7,9,11,24H2,(H,25,26). The SMILES string of the molecule is NCc1cccc(Cc2c[nH]c(=O)c(Br)c2OCc2ccc(F)cc2F)c1. The van der Waals surface area contributed by atoms with Crippen LogP contribution in [0.15, 0.2) is 57.9 Å². The maximum Gasteiger partial charge on any atom is 0.266 e. The van der Waals surface area contributed by atoms with Crippen LogP contribution in [0, 0.1) is 11.6 Å². The minimum atomic E-state index is -0.701. The lowest BCUT2D eigenvalue weighted by molar-refractivity contribution is 0.294. The zero-order chi connectivity index (χ0) is 19.4. The molecule has 3 N–H and O–H groups in total. The molecule has 0 aliphatic heterocycles. The Morgan fingerprint density at radius 1 is 1.07 bits per heavy atom. The van der Waals surface area contributed by atoms with Crippen molar-refractivity contribution >= 4 is 15.9 Å². The quantitative estimate of drug-likeness (QED) is 0.614. The van der Waals surface area contributed by atoms with Gasteiger partial charge in [-0.1, -0.05) is 24.3 Å². The highest BCUT2D eigenvalue weighted by Gasteiger charge is 2.14. The van der Waals surface area contributed by atoms with Crippen molar-refractivity contribution in [2.24, 2.45) is 5.73 Å².